The van der Waals surface area contributed by atoms with Crippen molar-refractivity contribution >= 4 is 16.9 Å². The summed E-state index contributed by atoms with van der Waals surface area (Å²) < 4.78 is 12.0. The highest BCUT2D eigenvalue weighted by atomic mass is 16.5. The molecule has 1 unspecified atom stereocenters. The second-order valence-electron chi connectivity index (χ2n) is 8.17. The van der Waals surface area contributed by atoms with Crippen LogP contribution in [0.25, 0.3) is 10.9 Å². The monoisotopic (exact) mass is 410 g/mol. The van der Waals surface area contributed by atoms with Gasteiger partial charge >= 0.3 is 0 Å². The second kappa shape index (κ2) is 10.7. The summed E-state index contributed by atoms with van der Waals surface area (Å²) >= 11 is 0. The maximum absolute atomic E-state index is 6.17. The Morgan fingerprint density at radius 2 is 2.07 bits per heavy atom. The summed E-state index contributed by atoms with van der Waals surface area (Å²) in [4.78, 5) is 11.8. The Morgan fingerprint density at radius 3 is 2.87 bits per heavy atom. The van der Waals surface area contributed by atoms with Crippen LogP contribution in [0.4, 0.5) is 0 Å². The molecule has 0 spiro atoms. The van der Waals surface area contributed by atoms with Gasteiger partial charge in [-0.15, -0.1) is 0 Å². The Morgan fingerprint density at radius 1 is 1.20 bits per heavy atom. The number of aromatic nitrogens is 1. The maximum atomic E-state index is 6.17. The number of guanidine groups is 1. The number of likely N-dealkylation sites (tertiary alicyclic amines) is 1. The van der Waals surface area contributed by atoms with E-state index in [1.807, 2.05) is 12.3 Å². The molecule has 0 bridgehead atoms. The summed E-state index contributed by atoms with van der Waals surface area (Å²) in [6, 6.07) is 10.4. The first kappa shape index (κ1) is 21.1. The molecule has 2 fully saturated rings. The Bertz CT molecular complexity index is 822. The molecular formula is C24H34N4O2. The molecule has 6 heteroatoms. The quantitative estimate of drug-likeness (QED) is 0.581. The molecule has 30 heavy (non-hydrogen) atoms. The van der Waals surface area contributed by atoms with Crippen molar-refractivity contribution in [1.29, 1.82) is 0 Å². The van der Waals surface area contributed by atoms with Crippen LogP contribution in [0.5, 0.6) is 0 Å². The third-order valence-electron chi connectivity index (χ3n) is 5.98. The highest BCUT2D eigenvalue weighted by molar-refractivity contribution is 5.83. The topological polar surface area (TPSA) is 59.0 Å². The lowest BCUT2D eigenvalue weighted by Gasteiger charge is -2.35. The number of fused-ring (bicyclic) bond motifs is 1. The third-order valence-corrected chi connectivity index (χ3v) is 5.98. The second-order valence-corrected chi connectivity index (χ2v) is 8.17. The van der Waals surface area contributed by atoms with E-state index in [2.05, 4.69) is 46.4 Å². The molecule has 0 aliphatic carbocycles. The van der Waals surface area contributed by atoms with Crippen LogP contribution in [0.3, 0.4) is 0 Å². The van der Waals surface area contributed by atoms with Crippen LogP contribution in [0, 0.1) is 0 Å². The summed E-state index contributed by atoms with van der Waals surface area (Å²) in [6.07, 6.45) is 8.14. The van der Waals surface area contributed by atoms with Crippen molar-refractivity contribution < 1.29 is 9.47 Å². The fourth-order valence-corrected chi connectivity index (χ4v) is 4.30. The number of nitrogens with zero attached hydrogens (tertiary/aromatic N) is 3. The molecule has 2 aliphatic rings. The zero-order chi connectivity index (χ0) is 20.6. The molecular weight excluding hydrogens is 376 g/mol. The Hall–Kier alpha value is -2.18. The van der Waals surface area contributed by atoms with Gasteiger partial charge in [-0.25, -0.2) is 4.99 Å². The number of para-hydroxylation sites is 1. The lowest BCUT2D eigenvalue weighted by atomic mass is 10.1. The van der Waals surface area contributed by atoms with Crippen LogP contribution in [0.15, 0.2) is 41.5 Å². The smallest absolute Gasteiger partial charge is 0.194 e. The number of pyridine rings is 1. The minimum Gasteiger partial charge on any atom is -0.376 e. The number of aliphatic imine (C=N–C) groups is 1. The first-order chi connectivity index (χ1) is 14.8. The van der Waals surface area contributed by atoms with Crippen molar-refractivity contribution in [2.75, 3.05) is 32.8 Å². The average Bonchev–Trinajstić information content (AvgIpc) is 2.81. The molecule has 1 aromatic heterocycles. The highest BCUT2D eigenvalue weighted by Crippen LogP contribution is 2.19. The van der Waals surface area contributed by atoms with E-state index in [-0.39, 0.29) is 0 Å². The Balaban J connectivity index is 1.33. The van der Waals surface area contributed by atoms with Crippen LogP contribution in [0.2, 0.25) is 0 Å². The summed E-state index contributed by atoms with van der Waals surface area (Å²) in [7, 11) is 0. The third kappa shape index (κ3) is 5.49. The molecule has 2 saturated heterocycles. The number of ether oxygens (including phenoxy) is 2. The maximum Gasteiger partial charge on any atom is 0.194 e. The molecule has 6 nitrogen and oxygen atoms in total. The van der Waals surface area contributed by atoms with Gasteiger partial charge in [0, 0.05) is 37.8 Å². The van der Waals surface area contributed by atoms with Crippen LogP contribution in [-0.4, -0.2) is 60.9 Å². The molecule has 0 radical (unpaired) electrons. The predicted molar refractivity (Wildman–Crippen MR) is 121 cm³/mol. The molecule has 0 amide bonds. The van der Waals surface area contributed by atoms with E-state index in [0.717, 1.165) is 74.5 Å². The van der Waals surface area contributed by atoms with Crippen LogP contribution in [-0.2, 0) is 16.0 Å². The van der Waals surface area contributed by atoms with Gasteiger partial charge in [-0.3, -0.25) is 4.98 Å². The zero-order valence-corrected chi connectivity index (χ0v) is 18.1. The molecule has 2 aliphatic heterocycles. The van der Waals surface area contributed by atoms with Crippen LogP contribution < -0.4 is 5.32 Å². The van der Waals surface area contributed by atoms with E-state index in [9.17, 15) is 0 Å². The van der Waals surface area contributed by atoms with E-state index in [1.165, 1.54) is 12.8 Å². The molecule has 3 heterocycles. The molecule has 0 saturated carbocycles. The van der Waals surface area contributed by atoms with Gasteiger partial charge in [0.2, 0.25) is 0 Å². The van der Waals surface area contributed by atoms with Crippen LogP contribution in [0.1, 0.15) is 44.6 Å². The first-order valence-corrected chi connectivity index (χ1v) is 11.4. The fourth-order valence-electron chi connectivity index (χ4n) is 4.30. The van der Waals surface area contributed by atoms with Gasteiger partial charge < -0.3 is 19.7 Å². The molecule has 1 atom stereocenters. The van der Waals surface area contributed by atoms with Gasteiger partial charge in [0.25, 0.3) is 0 Å². The minimum atomic E-state index is 0.296. The average molecular weight is 411 g/mol. The van der Waals surface area contributed by atoms with Crippen molar-refractivity contribution in [3.05, 3.63) is 42.1 Å². The van der Waals surface area contributed by atoms with E-state index in [1.54, 1.807) is 0 Å². The number of rotatable bonds is 6. The first-order valence-electron chi connectivity index (χ1n) is 11.4. The van der Waals surface area contributed by atoms with Crippen molar-refractivity contribution in [1.82, 2.24) is 15.2 Å². The van der Waals surface area contributed by atoms with Gasteiger partial charge in [0.15, 0.2) is 5.96 Å². The Labute approximate surface area is 179 Å². The number of piperidine rings is 1. The normalized spacial score (nSPS) is 21.2. The van der Waals surface area contributed by atoms with Crippen molar-refractivity contribution in [3.63, 3.8) is 0 Å². The number of nitrogens with one attached hydrogen (secondary N) is 1. The summed E-state index contributed by atoms with van der Waals surface area (Å²) in [6.45, 7) is 7.18. The van der Waals surface area contributed by atoms with E-state index >= 15 is 0 Å². The number of hydrogen-bond donors (Lipinski definition) is 1. The van der Waals surface area contributed by atoms with Gasteiger partial charge in [-0.05, 0) is 50.7 Å². The highest BCUT2D eigenvalue weighted by Gasteiger charge is 2.23. The van der Waals surface area contributed by atoms with Gasteiger partial charge in [-0.2, -0.15) is 0 Å². The Kier molecular flexibility index (Phi) is 7.54. The molecule has 1 N–H and O–H groups in total. The summed E-state index contributed by atoms with van der Waals surface area (Å²) in [5.41, 5.74) is 2.20. The van der Waals surface area contributed by atoms with E-state index in [0.29, 0.717) is 18.8 Å². The fraction of sp³-hybridized carbons (Fsp3) is 0.583. The van der Waals surface area contributed by atoms with E-state index < -0.39 is 0 Å². The molecule has 4 rings (SSSR count). The molecule has 1 aromatic carbocycles. The van der Waals surface area contributed by atoms with Crippen molar-refractivity contribution in [3.8, 4) is 0 Å². The SMILES string of the molecule is CCNC(=NCc1cccc2cccnc12)N1CCC(OCC2CCCCO2)CC1. The molecule has 162 valence electrons. The van der Waals surface area contributed by atoms with Gasteiger partial charge in [0.1, 0.15) is 0 Å². The van der Waals surface area contributed by atoms with Gasteiger partial charge in [0.05, 0.1) is 30.9 Å². The summed E-state index contributed by atoms with van der Waals surface area (Å²) in [5.74, 6) is 0.986. The minimum absolute atomic E-state index is 0.296. The van der Waals surface area contributed by atoms with Crippen molar-refractivity contribution in [2.24, 2.45) is 4.99 Å². The predicted octanol–water partition coefficient (Wildman–Crippen LogP) is 3.75. The lowest BCUT2D eigenvalue weighted by Crippen LogP contribution is -2.47. The van der Waals surface area contributed by atoms with E-state index in [4.69, 9.17) is 14.5 Å². The van der Waals surface area contributed by atoms with Crippen molar-refractivity contribution in [2.45, 2.75) is 57.8 Å². The zero-order valence-electron chi connectivity index (χ0n) is 18.1. The number of hydrogen-bond acceptors (Lipinski definition) is 4. The van der Waals surface area contributed by atoms with Gasteiger partial charge in [-0.1, -0.05) is 24.3 Å². The summed E-state index contributed by atoms with van der Waals surface area (Å²) in [5, 5.41) is 4.63. The standard InChI is InChI=1S/C24H34N4O2/c1-2-25-24(27-17-20-8-5-7-19-9-6-13-26-23(19)20)28-14-11-21(12-15-28)30-18-22-10-3-4-16-29-22/h5-9,13,21-22H,2-4,10-12,14-18H2,1H3,(H,25,27). The number of benzene rings is 1. The van der Waals surface area contributed by atoms with Crippen LogP contribution >= 0.6 is 0 Å². The largest absolute Gasteiger partial charge is 0.376 e. The lowest BCUT2D eigenvalue weighted by molar-refractivity contribution is -0.0721. The molecule has 2 aromatic rings.